The van der Waals surface area contributed by atoms with Crippen LogP contribution in [0.5, 0.6) is 0 Å². The fraction of sp³-hybridized carbons (Fsp3) is 0.250. The molecule has 0 aliphatic heterocycles. The predicted molar refractivity (Wildman–Crippen MR) is 67.8 cm³/mol. The van der Waals surface area contributed by atoms with Crippen LogP contribution in [0.1, 0.15) is 12.5 Å². The monoisotopic (exact) mass is 301 g/mol. The highest BCUT2D eigenvalue weighted by atomic mass is 79.9. The van der Waals surface area contributed by atoms with Crippen LogP contribution in [-0.2, 0) is 4.79 Å². The third-order valence-corrected chi connectivity index (χ3v) is 2.53. The Hall–Kier alpha value is -1.20. The van der Waals surface area contributed by atoms with Crippen LogP contribution in [0, 0.1) is 5.82 Å². The first kappa shape index (κ1) is 13.9. The van der Waals surface area contributed by atoms with Gasteiger partial charge in [0, 0.05) is 22.2 Å². The first-order valence-electron chi connectivity index (χ1n) is 5.07. The molecule has 17 heavy (non-hydrogen) atoms. The Bertz CT molecular complexity index is 435. The van der Waals surface area contributed by atoms with E-state index in [-0.39, 0.29) is 18.6 Å². The van der Waals surface area contributed by atoms with Crippen LogP contribution in [0.3, 0.4) is 0 Å². The quantitative estimate of drug-likeness (QED) is 0.837. The Kier molecular flexibility index (Phi) is 5.31. The first-order valence-corrected chi connectivity index (χ1v) is 5.86. The van der Waals surface area contributed by atoms with Crippen molar-refractivity contribution in [3.63, 3.8) is 0 Å². The highest BCUT2D eigenvalue weighted by Gasteiger charge is 2.03. The van der Waals surface area contributed by atoms with Crippen molar-refractivity contribution in [3.05, 3.63) is 40.1 Å². The van der Waals surface area contributed by atoms with E-state index in [2.05, 4.69) is 21.2 Å². The smallest absolute Gasteiger partial charge is 0.244 e. The van der Waals surface area contributed by atoms with E-state index in [1.165, 1.54) is 18.2 Å². The number of aliphatic hydroxyl groups excluding tert-OH is 1. The summed E-state index contributed by atoms with van der Waals surface area (Å²) in [6.45, 7) is 1.54. The minimum absolute atomic E-state index is 0.134. The topological polar surface area (TPSA) is 49.3 Å². The summed E-state index contributed by atoms with van der Waals surface area (Å²) in [5.41, 5.74) is 0.325. The summed E-state index contributed by atoms with van der Waals surface area (Å²) in [4.78, 5) is 11.3. The van der Waals surface area contributed by atoms with Crippen LogP contribution < -0.4 is 5.32 Å². The third-order valence-electron chi connectivity index (χ3n) is 2.03. The average molecular weight is 302 g/mol. The molecule has 0 bridgehead atoms. The van der Waals surface area contributed by atoms with Crippen LogP contribution in [0.4, 0.5) is 4.39 Å². The number of benzene rings is 1. The first-order chi connectivity index (χ1) is 8.02. The maximum Gasteiger partial charge on any atom is 0.244 e. The van der Waals surface area contributed by atoms with E-state index >= 15 is 0 Å². The van der Waals surface area contributed by atoms with Gasteiger partial charge in [0.25, 0.3) is 0 Å². The molecular formula is C12H13BrFNO2. The predicted octanol–water partition coefficient (Wildman–Crippen LogP) is 2.10. The van der Waals surface area contributed by atoms with Crippen LogP contribution >= 0.6 is 15.9 Å². The highest BCUT2D eigenvalue weighted by molar-refractivity contribution is 9.10. The lowest BCUT2D eigenvalue weighted by atomic mass is 10.2. The van der Waals surface area contributed by atoms with Crippen LogP contribution in [0.2, 0.25) is 0 Å². The fourth-order valence-electron chi connectivity index (χ4n) is 1.14. The Morgan fingerprint density at radius 3 is 3.00 bits per heavy atom. The molecule has 0 saturated heterocycles. The van der Waals surface area contributed by atoms with Crippen molar-refractivity contribution >= 4 is 27.9 Å². The number of carbonyl (C=O) groups excluding carboxylic acids is 1. The Labute approximate surface area is 107 Å². The standard InChI is InChI=1S/C12H13BrFNO2/c1-8(7-16)15-12(17)5-2-9-6-10(13)3-4-11(9)14/h2-6,8,16H,7H2,1H3,(H,15,17)/t8-/m0/s1. The molecule has 0 saturated carbocycles. The molecule has 1 atom stereocenters. The summed E-state index contributed by atoms with van der Waals surface area (Å²) in [6, 6.07) is 4.16. The summed E-state index contributed by atoms with van der Waals surface area (Å²) in [5.74, 6) is -0.765. The molecule has 0 spiro atoms. The zero-order chi connectivity index (χ0) is 12.8. The molecular weight excluding hydrogens is 289 g/mol. The van der Waals surface area contributed by atoms with Crippen LogP contribution in [-0.4, -0.2) is 23.7 Å². The molecule has 2 N–H and O–H groups in total. The molecule has 3 nitrogen and oxygen atoms in total. The summed E-state index contributed by atoms with van der Waals surface area (Å²) in [7, 11) is 0. The fourth-order valence-corrected chi connectivity index (χ4v) is 1.52. The third kappa shape index (κ3) is 4.66. The molecule has 0 aromatic heterocycles. The molecule has 0 radical (unpaired) electrons. The van der Waals surface area contributed by atoms with Gasteiger partial charge in [-0.3, -0.25) is 4.79 Å². The molecule has 92 valence electrons. The Morgan fingerprint density at radius 2 is 2.35 bits per heavy atom. The molecule has 1 rings (SSSR count). The number of hydrogen-bond acceptors (Lipinski definition) is 2. The van der Waals surface area contributed by atoms with Gasteiger partial charge in [0.15, 0.2) is 0 Å². The van der Waals surface area contributed by atoms with Crippen molar-refractivity contribution in [2.75, 3.05) is 6.61 Å². The van der Waals surface area contributed by atoms with E-state index in [1.807, 2.05) is 0 Å². The van der Waals surface area contributed by atoms with Gasteiger partial charge >= 0.3 is 0 Å². The van der Waals surface area contributed by atoms with Crippen molar-refractivity contribution in [2.24, 2.45) is 0 Å². The number of rotatable bonds is 4. The largest absolute Gasteiger partial charge is 0.394 e. The Morgan fingerprint density at radius 1 is 1.65 bits per heavy atom. The van der Waals surface area contributed by atoms with E-state index in [0.717, 1.165) is 4.47 Å². The van der Waals surface area contributed by atoms with Gasteiger partial charge in [-0.05, 0) is 31.2 Å². The molecule has 1 aromatic rings. The molecule has 0 unspecified atom stereocenters. The lowest BCUT2D eigenvalue weighted by Gasteiger charge is -2.07. The van der Waals surface area contributed by atoms with Gasteiger partial charge < -0.3 is 10.4 Å². The number of carbonyl (C=O) groups is 1. The SMILES string of the molecule is C[C@@H](CO)NC(=O)C=Cc1cc(Br)ccc1F. The van der Waals surface area contributed by atoms with Gasteiger partial charge in [-0.1, -0.05) is 15.9 Å². The van der Waals surface area contributed by atoms with Gasteiger partial charge in [-0.15, -0.1) is 0 Å². The number of hydrogen-bond donors (Lipinski definition) is 2. The van der Waals surface area contributed by atoms with Gasteiger partial charge in [0.1, 0.15) is 5.82 Å². The van der Waals surface area contributed by atoms with Gasteiger partial charge in [-0.25, -0.2) is 4.39 Å². The van der Waals surface area contributed by atoms with Crippen molar-refractivity contribution < 1.29 is 14.3 Å². The molecule has 0 fully saturated rings. The maximum absolute atomic E-state index is 13.3. The van der Waals surface area contributed by atoms with E-state index < -0.39 is 5.82 Å². The second-order valence-electron chi connectivity index (χ2n) is 3.59. The highest BCUT2D eigenvalue weighted by Crippen LogP contribution is 2.16. The molecule has 0 heterocycles. The molecule has 1 amide bonds. The minimum atomic E-state index is -0.396. The van der Waals surface area contributed by atoms with Crippen molar-refractivity contribution in [2.45, 2.75) is 13.0 Å². The Balaban J connectivity index is 2.70. The van der Waals surface area contributed by atoms with Gasteiger partial charge in [0.2, 0.25) is 5.91 Å². The molecule has 5 heteroatoms. The average Bonchev–Trinajstić information content (AvgIpc) is 2.30. The van der Waals surface area contributed by atoms with Gasteiger partial charge in [0.05, 0.1) is 6.61 Å². The van der Waals surface area contributed by atoms with E-state index in [9.17, 15) is 9.18 Å². The summed E-state index contributed by atoms with van der Waals surface area (Å²) >= 11 is 3.22. The second kappa shape index (κ2) is 6.51. The number of nitrogens with one attached hydrogen (secondary N) is 1. The van der Waals surface area contributed by atoms with E-state index in [4.69, 9.17) is 5.11 Å². The van der Waals surface area contributed by atoms with Crippen molar-refractivity contribution in [3.8, 4) is 0 Å². The van der Waals surface area contributed by atoms with Crippen molar-refractivity contribution in [1.82, 2.24) is 5.32 Å². The summed E-state index contributed by atoms with van der Waals surface area (Å²) in [6.07, 6.45) is 2.62. The number of aliphatic hydroxyl groups is 1. The molecule has 0 aliphatic rings. The van der Waals surface area contributed by atoms with Crippen LogP contribution in [0.15, 0.2) is 28.7 Å². The number of halogens is 2. The lowest BCUT2D eigenvalue weighted by molar-refractivity contribution is -0.117. The summed E-state index contributed by atoms with van der Waals surface area (Å²) < 4.78 is 14.0. The zero-order valence-electron chi connectivity index (χ0n) is 9.28. The molecule has 1 aromatic carbocycles. The zero-order valence-corrected chi connectivity index (χ0v) is 10.9. The summed E-state index contributed by atoms with van der Waals surface area (Å²) in [5, 5.41) is 11.3. The van der Waals surface area contributed by atoms with Crippen LogP contribution in [0.25, 0.3) is 6.08 Å². The van der Waals surface area contributed by atoms with E-state index in [0.29, 0.717) is 5.56 Å². The number of amides is 1. The van der Waals surface area contributed by atoms with Crippen molar-refractivity contribution in [1.29, 1.82) is 0 Å². The maximum atomic E-state index is 13.3. The minimum Gasteiger partial charge on any atom is -0.394 e. The second-order valence-corrected chi connectivity index (χ2v) is 4.51. The van der Waals surface area contributed by atoms with E-state index in [1.54, 1.807) is 19.1 Å². The normalized spacial score (nSPS) is 12.7. The molecule has 0 aliphatic carbocycles. The lowest BCUT2D eigenvalue weighted by Crippen LogP contribution is -2.33. The van der Waals surface area contributed by atoms with Gasteiger partial charge in [-0.2, -0.15) is 0 Å².